The second kappa shape index (κ2) is 10.7. The zero-order chi connectivity index (χ0) is 22.2. The fraction of sp³-hybridized carbons (Fsp3) is 0.360. The third-order valence-corrected chi connectivity index (χ3v) is 5.41. The van der Waals surface area contributed by atoms with Crippen molar-refractivity contribution in [3.8, 4) is 23.0 Å². The van der Waals surface area contributed by atoms with Crippen LogP contribution in [-0.4, -0.2) is 33.1 Å². The van der Waals surface area contributed by atoms with E-state index >= 15 is 0 Å². The number of methoxy groups -OCH3 is 3. The van der Waals surface area contributed by atoms with Gasteiger partial charge in [0.1, 0.15) is 5.75 Å². The molecule has 0 amide bonds. The Labute approximate surface area is 182 Å². The topological polar surface area (TPSA) is 71.1 Å². The van der Waals surface area contributed by atoms with E-state index in [1.54, 1.807) is 56.7 Å². The molecule has 0 saturated heterocycles. The molecule has 6 nitrogen and oxygen atoms in total. The molecule has 1 fully saturated rings. The summed E-state index contributed by atoms with van der Waals surface area (Å²) in [4.78, 5) is 24.8. The van der Waals surface area contributed by atoms with E-state index in [0.29, 0.717) is 28.6 Å². The highest BCUT2D eigenvalue weighted by atomic mass is 16.5. The molecule has 0 unspecified atom stereocenters. The maximum atomic E-state index is 12.5. The van der Waals surface area contributed by atoms with E-state index in [4.69, 9.17) is 18.9 Å². The lowest BCUT2D eigenvalue weighted by molar-refractivity contribution is -0.139. The van der Waals surface area contributed by atoms with Crippen LogP contribution in [-0.2, 0) is 4.79 Å². The van der Waals surface area contributed by atoms with E-state index in [0.717, 1.165) is 31.2 Å². The number of esters is 1. The van der Waals surface area contributed by atoms with Gasteiger partial charge in [-0.3, -0.25) is 9.59 Å². The van der Waals surface area contributed by atoms with Gasteiger partial charge in [0.15, 0.2) is 17.3 Å². The zero-order valence-corrected chi connectivity index (χ0v) is 18.2. The number of hydrogen-bond donors (Lipinski definition) is 0. The third kappa shape index (κ3) is 5.66. The van der Waals surface area contributed by atoms with Gasteiger partial charge >= 0.3 is 5.97 Å². The second-order valence-electron chi connectivity index (χ2n) is 7.44. The predicted molar refractivity (Wildman–Crippen MR) is 118 cm³/mol. The molecule has 0 aromatic heterocycles. The minimum Gasteiger partial charge on any atom is -0.493 e. The van der Waals surface area contributed by atoms with Crippen molar-refractivity contribution in [1.82, 2.24) is 0 Å². The summed E-state index contributed by atoms with van der Waals surface area (Å²) in [6.45, 7) is 0. The first-order valence-electron chi connectivity index (χ1n) is 10.4. The van der Waals surface area contributed by atoms with Crippen molar-refractivity contribution in [2.24, 2.45) is 5.92 Å². The average Bonchev–Trinajstić information content (AvgIpc) is 2.82. The number of ether oxygens (including phenoxy) is 4. The lowest BCUT2D eigenvalue weighted by atomic mass is 9.89. The van der Waals surface area contributed by atoms with Gasteiger partial charge < -0.3 is 18.9 Å². The molecule has 0 bridgehead atoms. The molecule has 1 aliphatic carbocycles. The number of ketones is 1. The maximum absolute atomic E-state index is 12.5. The fourth-order valence-electron chi connectivity index (χ4n) is 3.69. The van der Waals surface area contributed by atoms with Gasteiger partial charge in [0.05, 0.1) is 27.2 Å². The molecule has 1 aliphatic rings. The van der Waals surface area contributed by atoms with Gasteiger partial charge in [-0.2, -0.15) is 0 Å². The van der Waals surface area contributed by atoms with Gasteiger partial charge in [-0.25, -0.2) is 0 Å². The number of rotatable bonds is 8. The van der Waals surface area contributed by atoms with Crippen LogP contribution >= 0.6 is 0 Å². The molecule has 0 radical (unpaired) electrons. The van der Waals surface area contributed by atoms with Crippen LogP contribution in [0.2, 0.25) is 0 Å². The normalized spacial score (nSPS) is 14.3. The smallest absolute Gasteiger partial charge is 0.314 e. The largest absolute Gasteiger partial charge is 0.493 e. The van der Waals surface area contributed by atoms with E-state index in [1.807, 2.05) is 0 Å². The molecule has 2 aromatic rings. The van der Waals surface area contributed by atoms with Gasteiger partial charge in [0, 0.05) is 5.56 Å². The summed E-state index contributed by atoms with van der Waals surface area (Å²) in [5.74, 6) is 1.61. The molecule has 0 heterocycles. The average molecular weight is 424 g/mol. The van der Waals surface area contributed by atoms with Crippen LogP contribution in [0.15, 0.2) is 42.5 Å². The minimum absolute atomic E-state index is 0.0172. The Bertz CT molecular complexity index is 914. The first-order valence-corrected chi connectivity index (χ1v) is 10.4. The molecule has 0 spiro atoms. The molecule has 0 N–H and O–H groups in total. The molecule has 6 heteroatoms. The molecule has 3 rings (SSSR count). The van der Waals surface area contributed by atoms with Crippen LogP contribution in [0.5, 0.6) is 23.0 Å². The molecule has 164 valence electrons. The Morgan fingerprint density at radius 3 is 2.03 bits per heavy atom. The van der Waals surface area contributed by atoms with E-state index in [9.17, 15) is 9.59 Å². The van der Waals surface area contributed by atoms with E-state index in [2.05, 4.69) is 0 Å². The lowest BCUT2D eigenvalue weighted by Gasteiger charge is -2.19. The molecule has 0 aliphatic heterocycles. The number of benzene rings is 2. The summed E-state index contributed by atoms with van der Waals surface area (Å²) in [6.07, 6.45) is 8.27. The molecule has 1 saturated carbocycles. The van der Waals surface area contributed by atoms with Crippen molar-refractivity contribution >= 4 is 17.8 Å². The Kier molecular flexibility index (Phi) is 7.70. The third-order valence-electron chi connectivity index (χ3n) is 5.41. The van der Waals surface area contributed by atoms with Crippen LogP contribution in [0.1, 0.15) is 48.0 Å². The summed E-state index contributed by atoms with van der Waals surface area (Å²) >= 11 is 0. The first kappa shape index (κ1) is 22.4. The van der Waals surface area contributed by atoms with Crippen molar-refractivity contribution < 1.29 is 28.5 Å². The van der Waals surface area contributed by atoms with Crippen molar-refractivity contribution in [3.05, 3.63) is 53.6 Å². The Hall–Kier alpha value is -3.28. The second-order valence-corrected chi connectivity index (χ2v) is 7.44. The maximum Gasteiger partial charge on any atom is 0.314 e. The fourth-order valence-corrected chi connectivity index (χ4v) is 3.69. The number of carbonyl (C=O) groups excluding carboxylic acids is 2. The standard InChI is InChI=1S/C25H28O6/c1-28-22-15-17(16-23(29-2)24(22)30-3)9-14-21(26)18-10-12-20(13-11-18)31-25(27)19-7-5-4-6-8-19/h9-16,19H,4-8H2,1-3H3. The molecule has 0 atom stereocenters. The zero-order valence-electron chi connectivity index (χ0n) is 18.2. The minimum atomic E-state index is -0.180. The van der Waals surface area contributed by atoms with Crippen LogP contribution in [0.25, 0.3) is 6.08 Å². The molecule has 2 aromatic carbocycles. The van der Waals surface area contributed by atoms with Crippen LogP contribution in [0.4, 0.5) is 0 Å². The highest BCUT2D eigenvalue weighted by Gasteiger charge is 2.23. The Balaban J connectivity index is 1.66. The van der Waals surface area contributed by atoms with Gasteiger partial charge in [0.25, 0.3) is 0 Å². The van der Waals surface area contributed by atoms with E-state index < -0.39 is 0 Å². The van der Waals surface area contributed by atoms with Crippen molar-refractivity contribution in [2.75, 3.05) is 21.3 Å². The predicted octanol–water partition coefficient (Wildman–Crippen LogP) is 5.09. The van der Waals surface area contributed by atoms with Crippen molar-refractivity contribution in [3.63, 3.8) is 0 Å². The Morgan fingerprint density at radius 2 is 1.48 bits per heavy atom. The summed E-state index contributed by atoms with van der Waals surface area (Å²) in [6, 6.07) is 10.1. The summed E-state index contributed by atoms with van der Waals surface area (Å²) in [5, 5.41) is 0. The number of allylic oxidation sites excluding steroid dienone is 1. The van der Waals surface area contributed by atoms with Gasteiger partial charge in [-0.15, -0.1) is 0 Å². The molecule has 31 heavy (non-hydrogen) atoms. The first-order chi connectivity index (χ1) is 15.0. The lowest BCUT2D eigenvalue weighted by Crippen LogP contribution is -2.22. The summed E-state index contributed by atoms with van der Waals surface area (Å²) < 4.78 is 21.5. The summed E-state index contributed by atoms with van der Waals surface area (Å²) in [7, 11) is 4.62. The number of carbonyl (C=O) groups is 2. The van der Waals surface area contributed by atoms with Crippen molar-refractivity contribution in [1.29, 1.82) is 0 Å². The van der Waals surface area contributed by atoms with Gasteiger partial charge in [0.2, 0.25) is 5.75 Å². The monoisotopic (exact) mass is 424 g/mol. The SMILES string of the molecule is COc1cc(C=CC(=O)c2ccc(OC(=O)C3CCCCC3)cc2)cc(OC)c1OC. The molecular weight excluding hydrogens is 396 g/mol. The van der Waals surface area contributed by atoms with Crippen LogP contribution < -0.4 is 18.9 Å². The Morgan fingerprint density at radius 1 is 0.871 bits per heavy atom. The quantitative estimate of drug-likeness (QED) is 0.254. The summed E-state index contributed by atoms with van der Waals surface area (Å²) in [5.41, 5.74) is 1.24. The van der Waals surface area contributed by atoms with Gasteiger partial charge in [-0.1, -0.05) is 25.3 Å². The van der Waals surface area contributed by atoms with Gasteiger partial charge in [-0.05, 0) is 60.9 Å². The van der Waals surface area contributed by atoms with E-state index in [-0.39, 0.29) is 17.7 Å². The highest BCUT2D eigenvalue weighted by Crippen LogP contribution is 2.38. The molecular formula is C25H28O6. The van der Waals surface area contributed by atoms with Crippen molar-refractivity contribution in [2.45, 2.75) is 32.1 Å². The van der Waals surface area contributed by atoms with Crippen LogP contribution in [0.3, 0.4) is 0 Å². The van der Waals surface area contributed by atoms with E-state index in [1.165, 1.54) is 19.6 Å². The van der Waals surface area contributed by atoms with Crippen LogP contribution in [0, 0.1) is 5.92 Å². The highest BCUT2D eigenvalue weighted by molar-refractivity contribution is 6.06. The number of hydrogen-bond acceptors (Lipinski definition) is 6.